The van der Waals surface area contributed by atoms with Gasteiger partial charge in [-0.1, -0.05) is 12.1 Å². The molecule has 186 valence electrons. The third-order valence-corrected chi connectivity index (χ3v) is 9.64. The minimum absolute atomic E-state index is 0.113. The minimum atomic E-state index is -4.25. The highest BCUT2D eigenvalue weighted by Crippen LogP contribution is 2.39. The fourth-order valence-corrected chi connectivity index (χ4v) is 7.65. The molecule has 0 saturated heterocycles. The molecule has 0 radical (unpaired) electrons. The van der Waals surface area contributed by atoms with Crippen molar-refractivity contribution in [1.29, 1.82) is 5.26 Å². The van der Waals surface area contributed by atoms with Gasteiger partial charge in [-0.2, -0.15) is 5.26 Å². The number of methoxy groups -OCH3 is 1. The molecule has 2 amide bonds. The second-order valence-corrected chi connectivity index (χ2v) is 11.9. The topological polar surface area (TPSA) is 124 Å². The summed E-state index contributed by atoms with van der Waals surface area (Å²) in [5, 5.41) is 12.5. The molecule has 2 aliphatic rings. The quantitative estimate of drug-likeness (QED) is 0.523. The SMILES string of the molecule is COc1cc(-c2ccc3c(c2NC(=O)NS(=O)(=O)c2sc4c(c2C#N)CCN(C)C4)CCC3)ccn1. The number of aryl methyl sites for hydroxylation is 1. The summed E-state index contributed by atoms with van der Waals surface area (Å²) >= 11 is 1.05. The highest BCUT2D eigenvalue weighted by molar-refractivity contribution is 7.92. The van der Waals surface area contributed by atoms with Crippen molar-refractivity contribution in [3.05, 3.63) is 57.6 Å². The van der Waals surface area contributed by atoms with E-state index in [1.165, 1.54) is 7.11 Å². The Hall–Kier alpha value is -3.46. The fourth-order valence-electron chi connectivity index (χ4n) is 4.85. The van der Waals surface area contributed by atoms with Crippen molar-refractivity contribution in [3.63, 3.8) is 0 Å². The lowest BCUT2D eigenvalue weighted by molar-refractivity contribution is 0.256. The first-order valence-electron chi connectivity index (χ1n) is 11.5. The first-order chi connectivity index (χ1) is 17.3. The van der Waals surface area contributed by atoms with Gasteiger partial charge in [-0.3, -0.25) is 0 Å². The Morgan fingerprint density at radius 3 is 2.83 bits per heavy atom. The molecule has 0 spiro atoms. The van der Waals surface area contributed by atoms with Crippen molar-refractivity contribution in [2.75, 3.05) is 26.0 Å². The van der Waals surface area contributed by atoms with E-state index in [0.717, 1.165) is 69.8 Å². The van der Waals surface area contributed by atoms with Gasteiger partial charge in [0.05, 0.1) is 18.4 Å². The van der Waals surface area contributed by atoms with E-state index in [1.54, 1.807) is 12.3 Å². The number of thiophene rings is 1. The maximum atomic E-state index is 13.2. The molecule has 0 bridgehead atoms. The number of carbonyl (C=O) groups excluding carboxylic acids is 1. The number of hydrogen-bond acceptors (Lipinski definition) is 8. The maximum Gasteiger partial charge on any atom is 0.333 e. The summed E-state index contributed by atoms with van der Waals surface area (Å²) in [5.41, 5.74) is 5.11. The number of benzene rings is 1. The van der Waals surface area contributed by atoms with Crippen LogP contribution in [0.5, 0.6) is 5.88 Å². The van der Waals surface area contributed by atoms with Gasteiger partial charge in [0.25, 0.3) is 10.0 Å². The molecule has 0 atom stereocenters. The summed E-state index contributed by atoms with van der Waals surface area (Å²) in [6, 6.07) is 8.71. The zero-order valence-corrected chi connectivity index (χ0v) is 21.6. The summed E-state index contributed by atoms with van der Waals surface area (Å²) in [7, 11) is -0.773. The van der Waals surface area contributed by atoms with Gasteiger partial charge in [-0.05, 0) is 61.1 Å². The van der Waals surface area contributed by atoms with E-state index < -0.39 is 16.1 Å². The summed E-state index contributed by atoms with van der Waals surface area (Å²) in [6.07, 6.45) is 4.84. The number of nitrogens with zero attached hydrogens (tertiary/aromatic N) is 3. The molecule has 0 unspecified atom stereocenters. The van der Waals surface area contributed by atoms with Crippen LogP contribution in [-0.2, 0) is 35.8 Å². The van der Waals surface area contributed by atoms with Crippen LogP contribution < -0.4 is 14.8 Å². The van der Waals surface area contributed by atoms with Gasteiger partial charge in [0.2, 0.25) is 5.88 Å². The number of sulfonamides is 1. The number of aromatic nitrogens is 1. The molecule has 11 heteroatoms. The minimum Gasteiger partial charge on any atom is -0.481 e. The van der Waals surface area contributed by atoms with E-state index in [2.05, 4.69) is 19.9 Å². The van der Waals surface area contributed by atoms with Crippen LogP contribution in [-0.4, -0.2) is 45.0 Å². The van der Waals surface area contributed by atoms with E-state index >= 15 is 0 Å². The van der Waals surface area contributed by atoms with Gasteiger partial charge >= 0.3 is 6.03 Å². The summed E-state index contributed by atoms with van der Waals surface area (Å²) < 4.78 is 33.7. The van der Waals surface area contributed by atoms with Crippen LogP contribution in [0.3, 0.4) is 0 Å². The number of carbonyl (C=O) groups is 1. The molecule has 1 aliphatic heterocycles. The van der Waals surface area contributed by atoms with Crippen LogP contribution in [0, 0.1) is 11.3 Å². The van der Waals surface area contributed by atoms with Crippen LogP contribution in [0.25, 0.3) is 11.1 Å². The number of ether oxygens (including phenoxy) is 1. The number of nitriles is 1. The Bertz CT molecular complexity index is 1510. The molecule has 3 aromatic rings. The van der Waals surface area contributed by atoms with Crippen LogP contribution in [0.1, 0.15) is 33.6 Å². The van der Waals surface area contributed by atoms with E-state index in [0.29, 0.717) is 24.5 Å². The normalized spacial score (nSPS) is 15.0. The molecular weight excluding hydrogens is 498 g/mol. The smallest absolute Gasteiger partial charge is 0.333 e. The molecule has 3 heterocycles. The molecule has 0 saturated carbocycles. The monoisotopic (exact) mass is 523 g/mol. The number of fused-ring (bicyclic) bond motifs is 2. The Balaban J connectivity index is 1.47. The van der Waals surface area contributed by atoms with Crippen molar-refractivity contribution in [2.45, 2.75) is 36.4 Å². The lowest BCUT2D eigenvalue weighted by Gasteiger charge is -2.21. The van der Waals surface area contributed by atoms with Gasteiger partial charge in [-0.15, -0.1) is 11.3 Å². The van der Waals surface area contributed by atoms with Crippen molar-refractivity contribution in [3.8, 4) is 23.1 Å². The number of rotatable bonds is 5. The van der Waals surface area contributed by atoms with Crippen LogP contribution in [0.15, 0.2) is 34.7 Å². The van der Waals surface area contributed by atoms with Gasteiger partial charge in [0, 0.05) is 35.8 Å². The molecule has 36 heavy (non-hydrogen) atoms. The van der Waals surface area contributed by atoms with Crippen LogP contribution in [0.2, 0.25) is 0 Å². The zero-order chi connectivity index (χ0) is 25.4. The molecular formula is C25H25N5O4S2. The molecule has 0 fully saturated rings. The molecule has 2 aromatic heterocycles. The predicted molar refractivity (Wildman–Crippen MR) is 137 cm³/mol. The van der Waals surface area contributed by atoms with Crippen molar-refractivity contribution in [1.82, 2.24) is 14.6 Å². The van der Waals surface area contributed by atoms with Crippen LogP contribution in [0.4, 0.5) is 10.5 Å². The largest absolute Gasteiger partial charge is 0.481 e. The van der Waals surface area contributed by atoms with E-state index in [9.17, 15) is 18.5 Å². The average Bonchev–Trinajstić information content (AvgIpc) is 3.48. The van der Waals surface area contributed by atoms with Gasteiger partial charge < -0.3 is 15.0 Å². The van der Waals surface area contributed by atoms with Gasteiger partial charge in [-0.25, -0.2) is 22.9 Å². The number of anilines is 1. The first kappa shape index (κ1) is 24.2. The summed E-state index contributed by atoms with van der Waals surface area (Å²) in [6.45, 7) is 1.32. The number of pyridine rings is 1. The van der Waals surface area contributed by atoms with Crippen molar-refractivity contribution < 1.29 is 17.9 Å². The average molecular weight is 524 g/mol. The van der Waals surface area contributed by atoms with E-state index in [-0.39, 0.29) is 9.77 Å². The number of likely N-dealkylation sites (N-methyl/N-ethyl adjacent to an activating group) is 1. The van der Waals surface area contributed by atoms with Crippen LogP contribution >= 0.6 is 11.3 Å². The lowest BCUT2D eigenvalue weighted by Crippen LogP contribution is -2.34. The fraction of sp³-hybridized carbons (Fsp3) is 0.320. The first-order valence-corrected chi connectivity index (χ1v) is 13.8. The van der Waals surface area contributed by atoms with Crippen molar-refractivity contribution >= 4 is 33.1 Å². The highest BCUT2D eigenvalue weighted by atomic mass is 32.2. The molecule has 2 N–H and O–H groups in total. The third kappa shape index (κ3) is 4.43. The maximum absolute atomic E-state index is 13.2. The number of hydrogen-bond donors (Lipinski definition) is 2. The summed E-state index contributed by atoms with van der Waals surface area (Å²) in [4.78, 5) is 20.1. The Kier molecular flexibility index (Phi) is 6.42. The third-order valence-electron chi connectivity index (χ3n) is 6.57. The number of urea groups is 1. The van der Waals surface area contributed by atoms with E-state index in [4.69, 9.17) is 4.74 Å². The zero-order valence-electron chi connectivity index (χ0n) is 19.9. The molecule has 1 aliphatic carbocycles. The second-order valence-electron chi connectivity index (χ2n) is 8.89. The van der Waals surface area contributed by atoms with Gasteiger partial charge in [0.15, 0.2) is 4.21 Å². The molecule has 9 nitrogen and oxygen atoms in total. The Labute approximate surface area is 213 Å². The summed E-state index contributed by atoms with van der Waals surface area (Å²) in [5.74, 6) is 0.433. The lowest BCUT2D eigenvalue weighted by atomic mass is 9.98. The number of nitrogens with one attached hydrogen (secondary N) is 2. The van der Waals surface area contributed by atoms with E-state index in [1.807, 2.05) is 31.3 Å². The van der Waals surface area contributed by atoms with Crippen molar-refractivity contribution in [2.24, 2.45) is 0 Å². The molecule has 1 aromatic carbocycles. The second kappa shape index (κ2) is 9.54. The Morgan fingerprint density at radius 1 is 1.22 bits per heavy atom. The standard InChI is InChI=1S/C25H25N5O4S2/c1-30-11-9-19-20(13-26)24(35-21(19)14-30)36(32,33)29-25(31)28-23-17-5-3-4-15(17)6-7-18(23)16-8-10-27-22(12-16)34-2/h6-8,10,12H,3-5,9,11,14H2,1-2H3,(H2,28,29,31). The predicted octanol–water partition coefficient (Wildman–Crippen LogP) is 3.68. The highest BCUT2D eigenvalue weighted by Gasteiger charge is 2.31. The molecule has 5 rings (SSSR count). The number of amides is 2. The Morgan fingerprint density at radius 2 is 2.06 bits per heavy atom. The van der Waals surface area contributed by atoms with Gasteiger partial charge in [0.1, 0.15) is 6.07 Å².